The maximum absolute atomic E-state index is 12.6. The lowest BCUT2D eigenvalue weighted by molar-refractivity contribution is -0.155. The van der Waals surface area contributed by atoms with Crippen LogP contribution in [0.5, 0.6) is 0 Å². The van der Waals surface area contributed by atoms with Crippen LogP contribution in [0.4, 0.5) is 0 Å². The molecule has 2 aliphatic rings. The number of cyclic esters (lactones) is 1. The largest absolute Gasteiger partial charge is 0.458 e. The zero-order valence-electron chi connectivity index (χ0n) is 15.7. The van der Waals surface area contributed by atoms with Crippen LogP contribution in [0.15, 0.2) is 24.3 Å². The Kier molecular flexibility index (Phi) is 5.66. The van der Waals surface area contributed by atoms with Gasteiger partial charge in [-0.05, 0) is 56.7 Å². The zero-order valence-corrected chi connectivity index (χ0v) is 15.7. The van der Waals surface area contributed by atoms with Crippen molar-refractivity contribution in [2.75, 3.05) is 0 Å². The molecule has 3 rings (SSSR count). The molecule has 0 amide bonds. The van der Waals surface area contributed by atoms with Crippen LogP contribution in [-0.2, 0) is 14.3 Å². The van der Waals surface area contributed by atoms with E-state index in [1.165, 1.54) is 0 Å². The van der Waals surface area contributed by atoms with Crippen molar-refractivity contribution in [1.29, 1.82) is 0 Å². The van der Waals surface area contributed by atoms with Crippen LogP contribution in [-0.4, -0.2) is 29.3 Å². The Hall–Kier alpha value is -1.88. The van der Waals surface area contributed by atoms with Crippen molar-refractivity contribution in [1.82, 2.24) is 0 Å². The molecule has 6 atom stereocenters. The second-order valence-corrected chi connectivity index (χ2v) is 7.75. The summed E-state index contributed by atoms with van der Waals surface area (Å²) in [6.45, 7) is 5.63. The van der Waals surface area contributed by atoms with Crippen LogP contribution in [0.2, 0.25) is 0 Å². The predicted molar refractivity (Wildman–Crippen MR) is 96.4 cm³/mol. The number of esters is 2. The smallest absolute Gasteiger partial charge is 0.338 e. The van der Waals surface area contributed by atoms with E-state index in [2.05, 4.69) is 6.92 Å². The Morgan fingerprint density at radius 3 is 2.58 bits per heavy atom. The number of benzene rings is 1. The first-order valence-corrected chi connectivity index (χ1v) is 9.58. The standard InChI is InChI=1S/C21H28O5/c1-4-14-9-17-11-18(10-14)21(24)25-13(3)19(17)26-20(23)16-7-5-15(6-8-16)12(2)22/h5-8,12-14,17-19,22H,4,9-11H2,1-3H3. The van der Waals surface area contributed by atoms with Gasteiger partial charge in [0, 0.05) is 5.92 Å². The van der Waals surface area contributed by atoms with Crippen molar-refractivity contribution in [3.8, 4) is 0 Å². The van der Waals surface area contributed by atoms with Crippen molar-refractivity contribution >= 4 is 11.9 Å². The number of hydrogen-bond donors (Lipinski definition) is 1. The molecule has 5 heteroatoms. The lowest BCUT2D eigenvalue weighted by Gasteiger charge is -2.34. The van der Waals surface area contributed by atoms with Gasteiger partial charge >= 0.3 is 11.9 Å². The Bertz CT molecular complexity index is 651. The van der Waals surface area contributed by atoms with Crippen LogP contribution >= 0.6 is 0 Å². The van der Waals surface area contributed by atoms with E-state index in [4.69, 9.17) is 9.47 Å². The average molecular weight is 360 g/mol. The van der Waals surface area contributed by atoms with E-state index in [9.17, 15) is 14.7 Å². The summed E-state index contributed by atoms with van der Waals surface area (Å²) in [7, 11) is 0. The summed E-state index contributed by atoms with van der Waals surface area (Å²) in [5.74, 6) is -0.00765. The van der Waals surface area contributed by atoms with Gasteiger partial charge in [0.2, 0.25) is 0 Å². The number of aliphatic hydroxyl groups is 1. The highest BCUT2D eigenvalue weighted by Gasteiger charge is 2.44. The van der Waals surface area contributed by atoms with Crippen molar-refractivity contribution in [2.45, 2.75) is 64.8 Å². The number of hydrogen-bond acceptors (Lipinski definition) is 5. The fourth-order valence-electron chi connectivity index (χ4n) is 4.29. The van der Waals surface area contributed by atoms with Crippen molar-refractivity contribution in [3.05, 3.63) is 35.4 Å². The molecule has 1 N–H and O–H groups in total. The van der Waals surface area contributed by atoms with Gasteiger partial charge in [-0.2, -0.15) is 0 Å². The van der Waals surface area contributed by atoms with Gasteiger partial charge in [-0.25, -0.2) is 4.79 Å². The zero-order chi connectivity index (χ0) is 18.8. The van der Waals surface area contributed by atoms with Crippen LogP contribution in [0, 0.1) is 17.8 Å². The molecule has 26 heavy (non-hydrogen) atoms. The molecule has 0 aromatic heterocycles. The highest BCUT2D eigenvalue weighted by atomic mass is 16.6. The lowest BCUT2D eigenvalue weighted by atomic mass is 9.72. The minimum Gasteiger partial charge on any atom is -0.458 e. The van der Waals surface area contributed by atoms with Gasteiger partial charge in [0.05, 0.1) is 17.6 Å². The van der Waals surface area contributed by atoms with Gasteiger partial charge in [-0.15, -0.1) is 0 Å². The molecule has 1 aliphatic carbocycles. The molecular weight excluding hydrogens is 332 g/mol. The number of ether oxygens (including phenoxy) is 2. The maximum Gasteiger partial charge on any atom is 0.338 e. The minimum atomic E-state index is -0.577. The summed E-state index contributed by atoms with van der Waals surface area (Å²) in [6, 6.07) is 6.77. The molecule has 5 nitrogen and oxygen atoms in total. The monoisotopic (exact) mass is 360 g/mol. The molecule has 2 bridgehead atoms. The molecule has 1 aromatic carbocycles. The molecule has 142 valence electrons. The fourth-order valence-corrected chi connectivity index (χ4v) is 4.29. The molecule has 1 heterocycles. The Balaban J connectivity index is 1.76. The van der Waals surface area contributed by atoms with Gasteiger partial charge in [-0.1, -0.05) is 25.5 Å². The van der Waals surface area contributed by atoms with E-state index in [1.807, 2.05) is 6.92 Å². The first kappa shape index (κ1) is 18.9. The highest BCUT2D eigenvalue weighted by Crippen LogP contribution is 2.42. The van der Waals surface area contributed by atoms with E-state index < -0.39 is 24.3 Å². The number of carbonyl (C=O) groups is 2. The van der Waals surface area contributed by atoms with Gasteiger partial charge in [-0.3, -0.25) is 4.79 Å². The third kappa shape index (κ3) is 3.93. The molecule has 1 aliphatic heterocycles. The van der Waals surface area contributed by atoms with Crippen molar-refractivity contribution in [2.24, 2.45) is 17.8 Å². The third-order valence-electron chi connectivity index (χ3n) is 5.85. The SMILES string of the molecule is CCC1CC2CC(C1)C(OC(=O)c1ccc(C(C)O)cc1)C(C)OC2=O. The van der Waals surface area contributed by atoms with E-state index in [0.717, 1.165) is 31.2 Å². The first-order valence-electron chi connectivity index (χ1n) is 9.58. The Morgan fingerprint density at radius 1 is 1.27 bits per heavy atom. The van der Waals surface area contributed by atoms with Crippen LogP contribution in [0.25, 0.3) is 0 Å². The highest BCUT2D eigenvalue weighted by molar-refractivity contribution is 5.89. The number of carbonyl (C=O) groups excluding carboxylic acids is 2. The molecule has 1 saturated carbocycles. The summed E-state index contributed by atoms with van der Waals surface area (Å²) >= 11 is 0. The number of rotatable bonds is 4. The predicted octanol–water partition coefficient (Wildman–Crippen LogP) is 3.65. The van der Waals surface area contributed by atoms with Crippen molar-refractivity contribution in [3.63, 3.8) is 0 Å². The van der Waals surface area contributed by atoms with E-state index >= 15 is 0 Å². The normalized spacial score (nSPS) is 32.3. The summed E-state index contributed by atoms with van der Waals surface area (Å²) < 4.78 is 11.4. The molecule has 6 unspecified atom stereocenters. The van der Waals surface area contributed by atoms with Crippen LogP contribution in [0.1, 0.15) is 68.5 Å². The van der Waals surface area contributed by atoms with E-state index in [0.29, 0.717) is 11.5 Å². The Labute approximate surface area is 154 Å². The van der Waals surface area contributed by atoms with Gasteiger partial charge in [0.25, 0.3) is 0 Å². The van der Waals surface area contributed by atoms with Gasteiger partial charge in [0.15, 0.2) is 0 Å². The number of aliphatic hydroxyl groups excluding tert-OH is 1. The molecule has 1 saturated heterocycles. The average Bonchev–Trinajstić information content (AvgIpc) is 2.71. The third-order valence-corrected chi connectivity index (χ3v) is 5.85. The van der Waals surface area contributed by atoms with Crippen molar-refractivity contribution < 1.29 is 24.2 Å². The fraction of sp³-hybridized carbons (Fsp3) is 0.619. The van der Waals surface area contributed by atoms with Gasteiger partial charge in [0.1, 0.15) is 12.2 Å². The topological polar surface area (TPSA) is 72.8 Å². The minimum absolute atomic E-state index is 0.0739. The molecule has 2 fully saturated rings. The summed E-state index contributed by atoms with van der Waals surface area (Å²) in [6.07, 6.45) is 2.17. The van der Waals surface area contributed by atoms with E-state index in [1.54, 1.807) is 31.2 Å². The molecule has 0 radical (unpaired) electrons. The Morgan fingerprint density at radius 2 is 1.96 bits per heavy atom. The second kappa shape index (κ2) is 7.78. The quantitative estimate of drug-likeness (QED) is 0.830. The van der Waals surface area contributed by atoms with Gasteiger partial charge < -0.3 is 14.6 Å². The first-order chi connectivity index (χ1) is 12.4. The molecular formula is C21H28O5. The summed E-state index contributed by atoms with van der Waals surface area (Å²) in [5, 5.41) is 9.59. The molecule has 0 spiro atoms. The maximum atomic E-state index is 12.6. The lowest BCUT2D eigenvalue weighted by Crippen LogP contribution is -2.38. The van der Waals surface area contributed by atoms with Crippen LogP contribution in [0.3, 0.4) is 0 Å². The second-order valence-electron chi connectivity index (χ2n) is 7.75. The molecule has 1 aromatic rings. The van der Waals surface area contributed by atoms with Crippen LogP contribution < -0.4 is 0 Å². The summed E-state index contributed by atoms with van der Waals surface area (Å²) in [5.41, 5.74) is 1.19. The number of fused-ring (bicyclic) bond motifs is 2. The van der Waals surface area contributed by atoms with E-state index in [-0.39, 0.29) is 17.8 Å². The summed E-state index contributed by atoms with van der Waals surface area (Å²) in [4.78, 5) is 24.9.